The molecule has 0 radical (unpaired) electrons. The Morgan fingerprint density at radius 1 is 1.29 bits per heavy atom. The van der Waals surface area contributed by atoms with Gasteiger partial charge in [-0.25, -0.2) is 0 Å². The normalized spacial score (nSPS) is 16.0. The van der Waals surface area contributed by atoms with E-state index in [1.54, 1.807) is 4.90 Å². The molecule has 0 unspecified atom stereocenters. The van der Waals surface area contributed by atoms with E-state index in [1.165, 1.54) is 0 Å². The van der Waals surface area contributed by atoms with Crippen LogP contribution in [-0.2, 0) is 14.3 Å². The zero-order valence-corrected chi connectivity index (χ0v) is 12.8. The molecule has 5 heteroatoms. The van der Waals surface area contributed by atoms with Gasteiger partial charge in [0.1, 0.15) is 6.61 Å². The lowest BCUT2D eigenvalue weighted by atomic mass is 9.92. The number of amides is 2. The number of benzene rings is 1. The lowest BCUT2D eigenvalue weighted by Gasteiger charge is -2.27. The Balaban J connectivity index is 1.99. The minimum atomic E-state index is -0.0375. The molecule has 1 N–H and O–H groups in total. The number of rotatable bonds is 3. The van der Waals surface area contributed by atoms with Crippen LogP contribution in [-0.4, -0.2) is 31.6 Å². The van der Waals surface area contributed by atoms with Crippen molar-refractivity contribution >= 4 is 23.2 Å². The lowest BCUT2D eigenvalue weighted by Crippen LogP contribution is -2.41. The van der Waals surface area contributed by atoms with Crippen molar-refractivity contribution in [3.63, 3.8) is 0 Å². The Bertz CT molecular complexity index is 517. The second-order valence-corrected chi connectivity index (χ2v) is 6.43. The summed E-state index contributed by atoms with van der Waals surface area (Å²) in [5, 5.41) is 2.87. The van der Waals surface area contributed by atoms with Crippen molar-refractivity contribution < 1.29 is 14.3 Å². The van der Waals surface area contributed by atoms with Gasteiger partial charge in [0.2, 0.25) is 5.91 Å². The smallest absolute Gasteiger partial charge is 0.253 e. The monoisotopic (exact) mass is 290 g/mol. The molecule has 1 aromatic carbocycles. The van der Waals surface area contributed by atoms with E-state index < -0.39 is 0 Å². The summed E-state index contributed by atoms with van der Waals surface area (Å²) in [5.74, 6) is -0.0385. The molecule has 2 rings (SSSR count). The van der Waals surface area contributed by atoms with Crippen LogP contribution in [0.25, 0.3) is 0 Å². The molecule has 1 saturated heterocycles. The van der Waals surface area contributed by atoms with Crippen LogP contribution in [0.1, 0.15) is 27.2 Å². The molecule has 1 aliphatic heterocycles. The van der Waals surface area contributed by atoms with Crippen molar-refractivity contribution in [3.05, 3.63) is 24.3 Å². The number of hydrogen-bond donors (Lipinski definition) is 1. The molecule has 0 bridgehead atoms. The Kier molecular flexibility index (Phi) is 4.63. The van der Waals surface area contributed by atoms with Crippen molar-refractivity contribution in [1.29, 1.82) is 0 Å². The molecule has 0 saturated carbocycles. The fourth-order valence-electron chi connectivity index (χ4n) is 2.20. The van der Waals surface area contributed by atoms with E-state index in [1.807, 2.05) is 45.0 Å². The maximum absolute atomic E-state index is 11.9. The SMILES string of the molecule is CC(C)(C)CC(=O)Nc1ccc(N2CCOCC2=O)cc1. The molecule has 1 aromatic rings. The van der Waals surface area contributed by atoms with Gasteiger partial charge in [0.15, 0.2) is 0 Å². The topological polar surface area (TPSA) is 58.6 Å². The lowest BCUT2D eigenvalue weighted by molar-refractivity contribution is -0.125. The Hall–Kier alpha value is -1.88. The van der Waals surface area contributed by atoms with Gasteiger partial charge in [-0.3, -0.25) is 9.59 Å². The fraction of sp³-hybridized carbons (Fsp3) is 0.500. The summed E-state index contributed by atoms with van der Waals surface area (Å²) in [7, 11) is 0. The molecular weight excluding hydrogens is 268 g/mol. The third kappa shape index (κ3) is 4.56. The molecule has 114 valence electrons. The number of anilines is 2. The van der Waals surface area contributed by atoms with Crippen molar-refractivity contribution in [2.75, 3.05) is 30.0 Å². The Morgan fingerprint density at radius 2 is 1.95 bits per heavy atom. The van der Waals surface area contributed by atoms with Crippen LogP contribution >= 0.6 is 0 Å². The van der Waals surface area contributed by atoms with Gasteiger partial charge in [0, 0.05) is 24.3 Å². The number of ether oxygens (including phenoxy) is 1. The van der Waals surface area contributed by atoms with Crippen LogP contribution < -0.4 is 10.2 Å². The number of carbonyl (C=O) groups excluding carboxylic acids is 2. The van der Waals surface area contributed by atoms with E-state index in [4.69, 9.17) is 4.74 Å². The van der Waals surface area contributed by atoms with Gasteiger partial charge in [-0.15, -0.1) is 0 Å². The maximum Gasteiger partial charge on any atom is 0.253 e. The van der Waals surface area contributed by atoms with Gasteiger partial charge in [-0.05, 0) is 29.7 Å². The van der Waals surface area contributed by atoms with E-state index in [2.05, 4.69) is 5.32 Å². The molecule has 21 heavy (non-hydrogen) atoms. The highest BCUT2D eigenvalue weighted by Crippen LogP contribution is 2.22. The Morgan fingerprint density at radius 3 is 2.52 bits per heavy atom. The molecule has 5 nitrogen and oxygen atoms in total. The number of nitrogens with one attached hydrogen (secondary N) is 1. The van der Waals surface area contributed by atoms with E-state index in [0.717, 1.165) is 11.4 Å². The van der Waals surface area contributed by atoms with Crippen LogP contribution in [0.4, 0.5) is 11.4 Å². The highest BCUT2D eigenvalue weighted by atomic mass is 16.5. The summed E-state index contributed by atoms with van der Waals surface area (Å²) < 4.78 is 5.11. The van der Waals surface area contributed by atoms with Crippen molar-refractivity contribution in [2.45, 2.75) is 27.2 Å². The minimum absolute atomic E-state index is 0.00213. The van der Waals surface area contributed by atoms with Gasteiger partial charge in [0.05, 0.1) is 6.61 Å². The molecule has 1 aliphatic rings. The molecule has 0 aliphatic carbocycles. The number of morpholine rings is 1. The van der Waals surface area contributed by atoms with Gasteiger partial charge in [-0.1, -0.05) is 20.8 Å². The summed E-state index contributed by atoms with van der Waals surface area (Å²) in [6.45, 7) is 7.33. The molecule has 0 atom stereocenters. The predicted octanol–water partition coefficient (Wildman–Crippen LogP) is 2.42. The molecule has 0 aromatic heterocycles. The van der Waals surface area contributed by atoms with Crippen LogP contribution in [0.2, 0.25) is 0 Å². The Labute approximate surface area is 125 Å². The van der Waals surface area contributed by atoms with Gasteiger partial charge in [-0.2, -0.15) is 0 Å². The van der Waals surface area contributed by atoms with Gasteiger partial charge in [0.25, 0.3) is 5.91 Å². The highest BCUT2D eigenvalue weighted by molar-refractivity contribution is 5.95. The van der Waals surface area contributed by atoms with Gasteiger partial charge >= 0.3 is 0 Å². The predicted molar refractivity (Wildman–Crippen MR) is 82.3 cm³/mol. The highest BCUT2D eigenvalue weighted by Gasteiger charge is 2.20. The summed E-state index contributed by atoms with van der Waals surface area (Å²) in [6.07, 6.45) is 0.469. The fourth-order valence-corrected chi connectivity index (χ4v) is 2.20. The summed E-state index contributed by atoms with van der Waals surface area (Å²) in [6, 6.07) is 7.32. The summed E-state index contributed by atoms with van der Waals surface area (Å²) in [5.41, 5.74) is 1.54. The molecule has 0 spiro atoms. The third-order valence-electron chi connectivity index (χ3n) is 3.14. The van der Waals surface area contributed by atoms with E-state index >= 15 is 0 Å². The largest absolute Gasteiger partial charge is 0.370 e. The molecule has 1 heterocycles. The van der Waals surface area contributed by atoms with Gasteiger partial charge < -0.3 is 15.0 Å². The second-order valence-electron chi connectivity index (χ2n) is 6.43. The standard InChI is InChI=1S/C16H22N2O3/c1-16(2,3)10-14(19)17-12-4-6-13(7-5-12)18-8-9-21-11-15(18)20/h4-7H,8-11H2,1-3H3,(H,17,19). The van der Waals surface area contributed by atoms with Crippen molar-refractivity contribution in [2.24, 2.45) is 5.41 Å². The van der Waals surface area contributed by atoms with Crippen LogP contribution in [0.3, 0.4) is 0 Å². The third-order valence-corrected chi connectivity index (χ3v) is 3.14. The zero-order valence-electron chi connectivity index (χ0n) is 12.8. The summed E-state index contributed by atoms with van der Waals surface area (Å²) >= 11 is 0. The first-order valence-electron chi connectivity index (χ1n) is 7.13. The quantitative estimate of drug-likeness (QED) is 0.930. The van der Waals surface area contributed by atoms with E-state index in [-0.39, 0.29) is 23.8 Å². The maximum atomic E-state index is 11.9. The van der Waals surface area contributed by atoms with Crippen molar-refractivity contribution in [3.8, 4) is 0 Å². The minimum Gasteiger partial charge on any atom is -0.370 e. The molecule has 1 fully saturated rings. The average Bonchev–Trinajstić information content (AvgIpc) is 2.38. The second kappa shape index (κ2) is 6.26. The van der Waals surface area contributed by atoms with E-state index in [0.29, 0.717) is 19.6 Å². The molecule has 2 amide bonds. The number of nitrogens with zero attached hydrogens (tertiary/aromatic N) is 1. The summed E-state index contributed by atoms with van der Waals surface area (Å²) in [4.78, 5) is 25.3. The van der Waals surface area contributed by atoms with E-state index in [9.17, 15) is 9.59 Å². The number of hydrogen-bond acceptors (Lipinski definition) is 3. The zero-order chi connectivity index (χ0) is 15.5. The first-order chi connectivity index (χ1) is 9.85. The molecular formula is C16H22N2O3. The first kappa shape index (κ1) is 15.5. The number of carbonyl (C=O) groups is 2. The van der Waals surface area contributed by atoms with Crippen molar-refractivity contribution in [1.82, 2.24) is 0 Å². The van der Waals surface area contributed by atoms with Crippen LogP contribution in [0.5, 0.6) is 0 Å². The van der Waals surface area contributed by atoms with Crippen LogP contribution in [0, 0.1) is 5.41 Å². The average molecular weight is 290 g/mol. The van der Waals surface area contributed by atoms with Crippen LogP contribution in [0.15, 0.2) is 24.3 Å². The first-order valence-corrected chi connectivity index (χ1v) is 7.13.